The molecule has 0 amide bonds. The van der Waals surface area contributed by atoms with E-state index in [-0.39, 0.29) is 6.04 Å². The maximum atomic E-state index is 5.91. The van der Waals surface area contributed by atoms with Crippen molar-refractivity contribution in [3.05, 3.63) is 47.5 Å². The number of nitrogens with zero attached hydrogens (tertiary/aromatic N) is 1. The Bertz CT molecular complexity index is 1110. The molecule has 4 rings (SSSR count). The molecule has 0 spiro atoms. The van der Waals surface area contributed by atoms with Crippen molar-refractivity contribution in [3.63, 3.8) is 0 Å². The van der Waals surface area contributed by atoms with E-state index in [4.69, 9.17) is 18.9 Å². The Morgan fingerprint density at radius 3 is 2.10 bits per heavy atom. The topological polar surface area (TPSA) is 40.2 Å². The average Bonchev–Trinajstić information content (AvgIpc) is 2.80. The van der Waals surface area contributed by atoms with Crippen LogP contribution in [-0.4, -0.2) is 46.4 Å². The van der Waals surface area contributed by atoms with Crippen molar-refractivity contribution in [2.45, 2.75) is 32.4 Å². The monoisotopic (exact) mass is 421 g/mol. The quantitative estimate of drug-likeness (QED) is 0.546. The average molecular weight is 422 g/mol. The second-order valence-corrected chi connectivity index (χ2v) is 8.14. The van der Waals surface area contributed by atoms with Crippen LogP contribution in [0.4, 0.5) is 0 Å². The molecule has 0 saturated carbocycles. The van der Waals surface area contributed by atoms with E-state index in [0.29, 0.717) is 6.04 Å². The molecule has 31 heavy (non-hydrogen) atoms. The number of likely N-dealkylation sites (N-methyl/N-ethyl adjacent to an activating group) is 1. The largest absolute Gasteiger partial charge is 0.496 e. The molecule has 0 aliphatic carbocycles. The standard InChI is InChI=1S/C26H31NO4/c1-15-13-19-24(16(2)27(15)3)22(30-6)14-23(31-7)25(19)18-11-12-21(29-5)26-17(18)9-8-10-20(26)28-4/h8-12,14-16H,13H2,1-7H3/t15-,16+/m0/s1. The summed E-state index contributed by atoms with van der Waals surface area (Å²) >= 11 is 0. The molecule has 3 aromatic rings. The number of methoxy groups -OCH3 is 4. The van der Waals surface area contributed by atoms with E-state index < -0.39 is 0 Å². The lowest BCUT2D eigenvalue weighted by Gasteiger charge is -2.39. The Hall–Kier alpha value is -2.92. The minimum absolute atomic E-state index is 0.234. The highest BCUT2D eigenvalue weighted by Gasteiger charge is 2.33. The second kappa shape index (κ2) is 8.31. The maximum Gasteiger partial charge on any atom is 0.130 e. The van der Waals surface area contributed by atoms with Gasteiger partial charge in [-0.1, -0.05) is 12.1 Å². The zero-order chi connectivity index (χ0) is 22.3. The van der Waals surface area contributed by atoms with Crippen LogP contribution < -0.4 is 18.9 Å². The van der Waals surface area contributed by atoms with E-state index in [1.54, 1.807) is 28.4 Å². The van der Waals surface area contributed by atoms with Crippen LogP contribution in [0.2, 0.25) is 0 Å². The van der Waals surface area contributed by atoms with E-state index in [2.05, 4.69) is 37.9 Å². The first-order valence-corrected chi connectivity index (χ1v) is 10.6. The zero-order valence-corrected chi connectivity index (χ0v) is 19.4. The van der Waals surface area contributed by atoms with Gasteiger partial charge in [0.15, 0.2) is 0 Å². The van der Waals surface area contributed by atoms with Crippen LogP contribution in [0.15, 0.2) is 36.4 Å². The van der Waals surface area contributed by atoms with E-state index in [0.717, 1.165) is 51.3 Å². The van der Waals surface area contributed by atoms with Crippen LogP contribution in [0, 0.1) is 0 Å². The molecule has 0 N–H and O–H groups in total. The second-order valence-electron chi connectivity index (χ2n) is 8.14. The summed E-state index contributed by atoms with van der Waals surface area (Å²) in [6.45, 7) is 4.51. The van der Waals surface area contributed by atoms with Crippen LogP contribution in [0.25, 0.3) is 21.9 Å². The Morgan fingerprint density at radius 1 is 0.806 bits per heavy atom. The highest BCUT2D eigenvalue weighted by atomic mass is 16.5. The van der Waals surface area contributed by atoms with Crippen molar-refractivity contribution in [1.82, 2.24) is 4.90 Å². The fourth-order valence-electron chi connectivity index (χ4n) is 4.92. The molecule has 2 atom stereocenters. The third-order valence-corrected chi connectivity index (χ3v) is 6.74. The summed E-state index contributed by atoms with van der Waals surface area (Å²) in [5.41, 5.74) is 4.73. The summed E-state index contributed by atoms with van der Waals surface area (Å²) in [5, 5.41) is 2.04. The minimum atomic E-state index is 0.234. The van der Waals surface area contributed by atoms with Crippen molar-refractivity contribution in [2.24, 2.45) is 0 Å². The first-order valence-electron chi connectivity index (χ1n) is 10.6. The first-order chi connectivity index (χ1) is 15.0. The van der Waals surface area contributed by atoms with Crippen LogP contribution in [-0.2, 0) is 6.42 Å². The molecule has 0 radical (unpaired) electrons. The Kier molecular flexibility index (Phi) is 5.71. The molecular weight excluding hydrogens is 390 g/mol. The van der Waals surface area contributed by atoms with Gasteiger partial charge in [0.25, 0.3) is 0 Å². The summed E-state index contributed by atoms with van der Waals surface area (Å²) in [6, 6.07) is 12.9. The number of rotatable bonds is 5. The van der Waals surface area contributed by atoms with Crippen molar-refractivity contribution >= 4 is 10.8 Å². The zero-order valence-electron chi connectivity index (χ0n) is 19.4. The predicted molar refractivity (Wildman–Crippen MR) is 125 cm³/mol. The van der Waals surface area contributed by atoms with Crippen molar-refractivity contribution in [2.75, 3.05) is 35.5 Å². The number of hydrogen-bond acceptors (Lipinski definition) is 5. The molecule has 1 aliphatic heterocycles. The summed E-state index contributed by atoms with van der Waals surface area (Å²) in [6.07, 6.45) is 0.913. The SMILES string of the molecule is COc1cc(OC)c2c(c1-c1ccc(OC)c3c(OC)cccc13)C[C@H](C)N(C)[C@@H]2C. The van der Waals surface area contributed by atoms with Crippen LogP contribution in [0.3, 0.4) is 0 Å². The smallest absolute Gasteiger partial charge is 0.130 e. The summed E-state index contributed by atoms with van der Waals surface area (Å²) < 4.78 is 23.1. The van der Waals surface area contributed by atoms with Gasteiger partial charge in [0.1, 0.15) is 23.0 Å². The van der Waals surface area contributed by atoms with Crippen molar-refractivity contribution in [3.8, 4) is 34.1 Å². The molecule has 1 heterocycles. The predicted octanol–water partition coefficient (Wildman–Crippen LogP) is 5.48. The van der Waals surface area contributed by atoms with Crippen LogP contribution >= 0.6 is 0 Å². The Balaban J connectivity index is 2.12. The minimum Gasteiger partial charge on any atom is -0.496 e. The normalized spacial score (nSPS) is 18.5. The van der Waals surface area contributed by atoms with Gasteiger partial charge in [-0.05, 0) is 62.0 Å². The van der Waals surface area contributed by atoms with Gasteiger partial charge in [-0.2, -0.15) is 0 Å². The number of benzene rings is 3. The van der Waals surface area contributed by atoms with Gasteiger partial charge < -0.3 is 18.9 Å². The lowest BCUT2D eigenvalue weighted by molar-refractivity contribution is 0.175. The lowest BCUT2D eigenvalue weighted by atomic mass is 9.82. The highest BCUT2D eigenvalue weighted by Crippen LogP contribution is 2.50. The Labute approximate surface area is 184 Å². The van der Waals surface area contributed by atoms with Crippen LogP contribution in [0.1, 0.15) is 31.0 Å². The van der Waals surface area contributed by atoms with Crippen molar-refractivity contribution in [1.29, 1.82) is 0 Å². The first kappa shape index (κ1) is 21.3. The number of hydrogen-bond donors (Lipinski definition) is 0. The molecule has 0 fully saturated rings. The van der Waals surface area contributed by atoms with Gasteiger partial charge in [-0.3, -0.25) is 4.90 Å². The van der Waals surface area contributed by atoms with E-state index in [1.807, 2.05) is 24.3 Å². The molecule has 164 valence electrons. The molecule has 0 aromatic heterocycles. The van der Waals surface area contributed by atoms with E-state index in [9.17, 15) is 0 Å². The van der Waals surface area contributed by atoms with Gasteiger partial charge in [0.05, 0.1) is 33.8 Å². The molecular formula is C26H31NO4. The van der Waals surface area contributed by atoms with Crippen molar-refractivity contribution < 1.29 is 18.9 Å². The number of ether oxygens (including phenoxy) is 4. The maximum absolute atomic E-state index is 5.91. The molecule has 0 unspecified atom stereocenters. The summed E-state index contributed by atoms with van der Waals surface area (Å²) in [5.74, 6) is 3.27. The van der Waals surface area contributed by atoms with Crippen LogP contribution in [0.5, 0.6) is 23.0 Å². The third-order valence-electron chi connectivity index (χ3n) is 6.74. The molecule has 0 bridgehead atoms. The molecule has 5 nitrogen and oxygen atoms in total. The van der Waals surface area contributed by atoms with Gasteiger partial charge in [0.2, 0.25) is 0 Å². The van der Waals surface area contributed by atoms with Gasteiger partial charge in [-0.15, -0.1) is 0 Å². The molecule has 0 saturated heterocycles. The Morgan fingerprint density at radius 2 is 1.45 bits per heavy atom. The fraction of sp³-hybridized carbons (Fsp3) is 0.385. The van der Waals surface area contributed by atoms with Gasteiger partial charge >= 0.3 is 0 Å². The summed E-state index contributed by atoms with van der Waals surface area (Å²) in [4.78, 5) is 2.40. The summed E-state index contributed by atoms with van der Waals surface area (Å²) in [7, 11) is 9.01. The molecule has 5 heteroatoms. The van der Waals surface area contributed by atoms with E-state index in [1.165, 1.54) is 11.1 Å². The van der Waals surface area contributed by atoms with Gasteiger partial charge in [0, 0.05) is 29.3 Å². The third kappa shape index (κ3) is 3.28. The number of fused-ring (bicyclic) bond motifs is 2. The lowest BCUT2D eigenvalue weighted by Crippen LogP contribution is -2.38. The van der Waals surface area contributed by atoms with Gasteiger partial charge in [-0.25, -0.2) is 0 Å². The molecule has 1 aliphatic rings. The highest BCUT2D eigenvalue weighted by molar-refractivity contribution is 6.05. The van der Waals surface area contributed by atoms with E-state index >= 15 is 0 Å². The fourth-order valence-corrected chi connectivity index (χ4v) is 4.92. The molecule has 3 aromatic carbocycles.